The monoisotopic (exact) mass is 392 g/mol. The van der Waals surface area contributed by atoms with E-state index in [1.54, 1.807) is 56.3 Å². The normalized spacial score (nSPS) is 11.8. The minimum atomic E-state index is -3.50. The lowest BCUT2D eigenvalue weighted by molar-refractivity contribution is -0.111. The predicted octanol–water partition coefficient (Wildman–Crippen LogP) is 4.02. The van der Waals surface area contributed by atoms with Crippen LogP contribution in [0.15, 0.2) is 59.5 Å². The molecule has 0 saturated heterocycles. The number of rotatable bonds is 7. The summed E-state index contributed by atoms with van der Waals surface area (Å²) in [6.07, 6.45) is 3.08. The molecule has 0 bridgehead atoms. The van der Waals surface area contributed by atoms with Crippen LogP contribution < -0.4 is 5.32 Å². The summed E-state index contributed by atoms with van der Waals surface area (Å²) in [6.45, 7) is 4.41. The number of nitrogens with one attached hydrogen (secondary N) is 1. The Kier molecular flexibility index (Phi) is 6.97. The topological polar surface area (TPSA) is 66.5 Å². The van der Waals surface area contributed by atoms with Gasteiger partial charge in [0.2, 0.25) is 15.9 Å². The minimum absolute atomic E-state index is 0.205. The van der Waals surface area contributed by atoms with Crippen LogP contribution in [-0.4, -0.2) is 31.7 Å². The second-order valence-corrected chi connectivity index (χ2v) is 7.86. The van der Waals surface area contributed by atoms with E-state index in [1.807, 2.05) is 0 Å². The molecular formula is C19H21ClN2O3S. The number of nitrogens with zero attached hydrogens (tertiary/aromatic N) is 1. The van der Waals surface area contributed by atoms with Crippen molar-refractivity contribution in [2.45, 2.75) is 18.7 Å². The van der Waals surface area contributed by atoms with Crippen molar-refractivity contribution in [1.29, 1.82) is 0 Å². The quantitative estimate of drug-likeness (QED) is 0.723. The van der Waals surface area contributed by atoms with Crippen LogP contribution in [-0.2, 0) is 14.8 Å². The molecule has 138 valence electrons. The molecule has 0 spiro atoms. The van der Waals surface area contributed by atoms with Crippen molar-refractivity contribution >= 4 is 39.3 Å². The van der Waals surface area contributed by atoms with Gasteiger partial charge in [-0.15, -0.1) is 0 Å². The van der Waals surface area contributed by atoms with Crippen LogP contribution in [0.1, 0.15) is 19.4 Å². The zero-order valence-corrected chi connectivity index (χ0v) is 16.2. The fourth-order valence-corrected chi connectivity index (χ4v) is 3.94. The molecule has 26 heavy (non-hydrogen) atoms. The van der Waals surface area contributed by atoms with Crippen molar-refractivity contribution in [2.75, 3.05) is 18.4 Å². The van der Waals surface area contributed by atoms with E-state index in [2.05, 4.69) is 5.32 Å². The number of hydrogen-bond acceptors (Lipinski definition) is 3. The lowest BCUT2D eigenvalue weighted by Crippen LogP contribution is -2.30. The van der Waals surface area contributed by atoms with Crippen LogP contribution in [0, 0.1) is 0 Å². The van der Waals surface area contributed by atoms with Gasteiger partial charge in [0.15, 0.2) is 0 Å². The first-order chi connectivity index (χ1) is 12.4. The molecule has 1 N–H and O–H groups in total. The molecule has 0 radical (unpaired) electrons. The summed E-state index contributed by atoms with van der Waals surface area (Å²) in [6, 6.07) is 13.2. The molecule has 0 aromatic heterocycles. The van der Waals surface area contributed by atoms with E-state index in [9.17, 15) is 13.2 Å². The Labute approximate surface area is 159 Å². The van der Waals surface area contributed by atoms with Gasteiger partial charge in [0.05, 0.1) is 4.90 Å². The van der Waals surface area contributed by atoms with Gasteiger partial charge in [-0.25, -0.2) is 8.42 Å². The van der Waals surface area contributed by atoms with Crippen LogP contribution >= 0.6 is 11.6 Å². The summed E-state index contributed by atoms with van der Waals surface area (Å²) in [5.74, 6) is -0.306. The molecule has 0 aliphatic carbocycles. The van der Waals surface area contributed by atoms with Gasteiger partial charge in [-0.05, 0) is 48.0 Å². The average molecular weight is 393 g/mol. The molecule has 5 nitrogen and oxygen atoms in total. The molecule has 0 saturated carbocycles. The summed E-state index contributed by atoms with van der Waals surface area (Å²) >= 11 is 5.82. The molecule has 7 heteroatoms. The highest BCUT2D eigenvalue weighted by atomic mass is 35.5. The van der Waals surface area contributed by atoms with Crippen LogP contribution in [0.4, 0.5) is 5.69 Å². The summed E-state index contributed by atoms with van der Waals surface area (Å²) < 4.78 is 26.2. The second kappa shape index (κ2) is 8.98. The van der Waals surface area contributed by atoms with Gasteiger partial charge in [0.25, 0.3) is 0 Å². The van der Waals surface area contributed by atoms with Crippen LogP contribution in [0.5, 0.6) is 0 Å². The smallest absolute Gasteiger partial charge is 0.248 e. The summed E-state index contributed by atoms with van der Waals surface area (Å²) in [7, 11) is -3.50. The van der Waals surface area contributed by atoms with E-state index in [1.165, 1.54) is 22.5 Å². The zero-order valence-electron chi connectivity index (χ0n) is 14.6. The highest BCUT2D eigenvalue weighted by molar-refractivity contribution is 7.89. The molecule has 0 fully saturated rings. The Hall–Kier alpha value is -2.15. The Morgan fingerprint density at radius 3 is 2.15 bits per heavy atom. The van der Waals surface area contributed by atoms with E-state index < -0.39 is 10.0 Å². The number of anilines is 1. The number of amides is 1. The van der Waals surface area contributed by atoms with Crippen LogP contribution in [0.3, 0.4) is 0 Å². The predicted molar refractivity (Wildman–Crippen MR) is 106 cm³/mol. The molecule has 1 amide bonds. The van der Waals surface area contributed by atoms with Gasteiger partial charge in [-0.2, -0.15) is 4.31 Å². The Morgan fingerprint density at radius 1 is 1.04 bits per heavy atom. The summed E-state index contributed by atoms with van der Waals surface area (Å²) in [4.78, 5) is 12.2. The van der Waals surface area contributed by atoms with Crippen molar-refractivity contribution < 1.29 is 13.2 Å². The fourth-order valence-electron chi connectivity index (χ4n) is 2.35. The van der Waals surface area contributed by atoms with Crippen molar-refractivity contribution in [3.05, 3.63) is 65.2 Å². The van der Waals surface area contributed by atoms with Crippen molar-refractivity contribution in [3.8, 4) is 0 Å². The highest BCUT2D eigenvalue weighted by Gasteiger charge is 2.21. The largest absolute Gasteiger partial charge is 0.323 e. The maximum atomic E-state index is 12.4. The van der Waals surface area contributed by atoms with Gasteiger partial charge in [-0.3, -0.25) is 4.79 Å². The third kappa shape index (κ3) is 5.17. The number of benzene rings is 2. The van der Waals surface area contributed by atoms with Gasteiger partial charge in [0.1, 0.15) is 0 Å². The van der Waals surface area contributed by atoms with Crippen molar-refractivity contribution in [1.82, 2.24) is 4.31 Å². The highest BCUT2D eigenvalue weighted by Crippen LogP contribution is 2.18. The number of carbonyl (C=O) groups is 1. The third-order valence-corrected chi connectivity index (χ3v) is 6.08. The molecule has 0 heterocycles. The zero-order chi connectivity index (χ0) is 19.2. The number of halogens is 1. The average Bonchev–Trinajstić information content (AvgIpc) is 2.62. The van der Waals surface area contributed by atoms with E-state index in [-0.39, 0.29) is 10.8 Å². The van der Waals surface area contributed by atoms with Crippen molar-refractivity contribution in [2.24, 2.45) is 0 Å². The Bertz CT molecular complexity index is 872. The second-order valence-electron chi connectivity index (χ2n) is 5.49. The molecule has 2 aromatic rings. The first kappa shape index (κ1) is 20.2. The standard InChI is InChI=1S/C19H21ClN2O3S/c1-3-22(4-2)26(24,25)18-12-10-17(11-13-18)21-19(23)14-7-15-5-8-16(20)9-6-15/h5-14H,3-4H2,1-2H3,(H,21,23)/b14-7+. The molecular weight excluding hydrogens is 372 g/mol. The number of sulfonamides is 1. The summed E-state index contributed by atoms with van der Waals surface area (Å²) in [5, 5.41) is 3.33. The minimum Gasteiger partial charge on any atom is -0.323 e. The molecule has 0 atom stereocenters. The first-order valence-electron chi connectivity index (χ1n) is 8.21. The lowest BCUT2D eigenvalue weighted by atomic mass is 10.2. The molecule has 2 rings (SSSR count). The van der Waals surface area contributed by atoms with E-state index in [0.29, 0.717) is 23.8 Å². The van der Waals surface area contributed by atoms with Crippen LogP contribution in [0.25, 0.3) is 6.08 Å². The SMILES string of the molecule is CCN(CC)S(=O)(=O)c1ccc(NC(=O)/C=C/c2ccc(Cl)cc2)cc1. The van der Waals surface area contributed by atoms with Gasteiger partial charge in [-0.1, -0.05) is 37.6 Å². The van der Waals surface area contributed by atoms with Gasteiger partial charge >= 0.3 is 0 Å². The number of carbonyl (C=O) groups excluding carboxylic acids is 1. The molecule has 0 aliphatic heterocycles. The third-order valence-electron chi connectivity index (χ3n) is 3.76. The fraction of sp³-hybridized carbons (Fsp3) is 0.211. The molecule has 2 aromatic carbocycles. The van der Waals surface area contributed by atoms with Crippen molar-refractivity contribution in [3.63, 3.8) is 0 Å². The van der Waals surface area contributed by atoms with Gasteiger partial charge in [0, 0.05) is 29.9 Å². The van der Waals surface area contributed by atoms with Gasteiger partial charge < -0.3 is 5.32 Å². The first-order valence-corrected chi connectivity index (χ1v) is 10.0. The van der Waals surface area contributed by atoms with Crippen LogP contribution in [0.2, 0.25) is 5.02 Å². The Balaban J connectivity index is 2.04. The van der Waals surface area contributed by atoms with E-state index in [0.717, 1.165) is 5.56 Å². The van der Waals surface area contributed by atoms with E-state index >= 15 is 0 Å². The Morgan fingerprint density at radius 2 is 1.62 bits per heavy atom. The molecule has 0 aliphatic rings. The lowest BCUT2D eigenvalue weighted by Gasteiger charge is -2.18. The van der Waals surface area contributed by atoms with E-state index in [4.69, 9.17) is 11.6 Å². The number of hydrogen-bond donors (Lipinski definition) is 1. The maximum Gasteiger partial charge on any atom is 0.248 e. The summed E-state index contributed by atoms with van der Waals surface area (Å²) in [5.41, 5.74) is 1.37. The molecule has 0 unspecified atom stereocenters. The maximum absolute atomic E-state index is 12.4.